The number of nitrogens with one attached hydrogen (secondary N) is 2. The summed E-state index contributed by atoms with van der Waals surface area (Å²) in [5, 5.41) is 125. The minimum atomic E-state index is -1.96. The summed E-state index contributed by atoms with van der Waals surface area (Å²) in [7, 11) is 0. The Morgan fingerprint density at radius 1 is 0.835 bits per heavy atom. The molecule has 8 saturated carbocycles. The Kier molecular flexibility index (Phi) is 18.6. The van der Waals surface area contributed by atoms with Crippen LogP contribution in [0, 0.1) is 70.0 Å². The summed E-state index contributed by atoms with van der Waals surface area (Å²) in [6.07, 6.45) is 26.1. The molecule has 1 spiro atoms. The van der Waals surface area contributed by atoms with Crippen LogP contribution in [0.25, 0.3) is 0 Å². The van der Waals surface area contributed by atoms with E-state index in [2.05, 4.69) is 23.6 Å². The van der Waals surface area contributed by atoms with Crippen molar-refractivity contribution in [2.24, 2.45) is 75.7 Å². The first-order chi connectivity index (χ1) is 40.8. The number of allylic oxidation sites excluding steroid dienone is 5. The molecule has 0 amide bonds. The highest BCUT2D eigenvalue weighted by molar-refractivity contribution is 6.00. The van der Waals surface area contributed by atoms with Crippen LogP contribution < -0.4 is 16.4 Å². The molecule has 2 heterocycles. The highest BCUT2D eigenvalue weighted by Gasteiger charge is 2.80. The highest BCUT2D eigenvalue weighted by Crippen LogP contribution is 2.77. The molecule has 1 saturated heterocycles. The maximum Gasteiger partial charge on any atom is 0.182 e. The van der Waals surface area contributed by atoms with E-state index in [1.807, 2.05) is 18.2 Å². The molecular formula is C70H111N3O12. The summed E-state index contributed by atoms with van der Waals surface area (Å²) in [6, 6.07) is 0. The molecule has 1 unspecified atom stereocenters. The number of Topliss-reactive ketones (excluding diaryl/α,β-unsaturated/α-hetero) is 1. The Balaban J connectivity index is 1.02. The molecule has 9 fully saturated rings. The van der Waals surface area contributed by atoms with E-state index in [1.165, 1.54) is 19.3 Å². The van der Waals surface area contributed by atoms with Crippen LogP contribution in [-0.4, -0.2) is 143 Å². The lowest BCUT2D eigenvalue weighted by Gasteiger charge is -2.69. The van der Waals surface area contributed by atoms with Gasteiger partial charge in [-0.1, -0.05) is 95.8 Å². The van der Waals surface area contributed by atoms with Gasteiger partial charge < -0.3 is 71.8 Å². The number of aliphatic hydroxyl groups is 9. The molecule has 20 atom stereocenters. The molecule has 10 aliphatic carbocycles. The van der Waals surface area contributed by atoms with Crippen molar-refractivity contribution < 1.29 is 60.2 Å². The van der Waals surface area contributed by atoms with Crippen LogP contribution in [0.3, 0.4) is 0 Å². The van der Waals surface area contributed by atoms with Crippen LogP contribution in [0.5, 0.6) is 0 Å². The van der Waals surface area contributed by atoms with Crippen molar-refractivity contribution in [1.82, 2.24) is 10.6 Å². The van der Waals surface area contributed by atoms with Crippen LogP contribution >= 0.6 is 0 Å². The van der Waals surface area contributed by atoms with Crippen LogP contribution in [-0.2, 0) is 14.3 Å². The topological polar surface area (TPSA) is 268 Å². The molecule has 0 aromatic rings. The lowest BCUT2D eigenvalue weighted by molar-refractivity contribution is -0.276. The van der Waals surface area contributed by atoms with Crippen molar-refractivity contribution in [3.63, 3.8) is 0 Å². The number of rotatable bonds is 17. The van der Waals surface area contributed by atoms with Crippen molar-refractivity contribution >= 4 is 5.78 Å². The first-order valence-electron chi connectivity index (χ1n) is 35.0. The first kappa shape index (κ1) is 62.9. The molecule has 15 nitrogen and oxygen atoms in total. The Bertz CT molecular complexity index is 2480. The second-order valence-corrected chi connectivity index (χ2v) is 30.7. The van der Waals surface area contributed by atoms with E-state index in [0.717, 1.165) is 114 Å². The minimum absolute atomic E-state index is 0.00121. The van der Waals surface area contributed by atoms with E-state index < -0.39 is 99.5 Å². The van der Waals surface area contributed by atoms with Crippen LogP contribution in [0.2, 0.25) is 0 Å². The summed E-state index contributed by atoms with van der Waals surface area (Å²) in [5.74, 6) is -3.15. The maximum absolute atomic E-state index is 16.5. The Labute approximate surface area is 507 Å². The van der Waals surface area contributed by atoms with Crippen molar-refractivity contribution in [2.45, 2.75) is 291 Å². The van der Waals surface area contributed by atoms with Gasteiger partial charge in [-0.25, -0.2) is 0 Å². The molecule has 12 rings (SSSR count). The van der Waals surface area contributed by atoms with E-state index in [1.54, 1.807) is 6.92 Å². The number of ketones is 1. The predicted octanol–water partition coefficient (Wildman–Crippen LogP) is 7.96. The van der Waals surface area contributed by atoms with Gasteiger partial charge in [0, 0.05) is 54.5 Å². The van der Waals surface area contributed by atoms with E-state index in [9.17, 15) is 40.9 Å². The van der Waals surface area contributed by atoms with Gasteiger partial charge >= 0.3 is 0 Å². The van der Waals surface area contributed by atoms with E-state index in [0.29, 0.717) is 75.1 Å². The molecule has 0 aromatic heterocycles. The molecule has 15 heteroatoms. The number of hydrogen-bond donors (Lipinski definition) is 12. The quantitative estimate of drug-likeness (QED) is 0.0616. The van der Waals surface area contributed by atoms with E-state index >= 15 is 9.90 Å². The number of nitrogens with two attached hydrogens (primary N) is 1. The smallest absolute Gasteiger partial charge is 0.182 e. The molecular weight excluding hydrogens is 1070 g/mol. The maximum atomic E-state index is 16.5. The lowest BCUT2D eigenvalue weighted by Crippen LogP contribution is -2.74. The molecule has 478 valence electrons. The Morgan fingerprint density at radius 3 is 2.29 bits per heavy atom. The molecule has 0 radical (unpaired) electrons. The monoisotopic (exact) mass is 1190 g/mol. The van der Waals surface area contributed by atoms with Gasteiger partial charge in [0.1, 0.15) is 5.60 Å². The van der Waals surface area contributed by atoms with Crippen molar-refractivity contribution in [1.29, 1.82) is 0 Å². The van der Waals surface area contributed by atoms with Crippen LogP contribution in [0.1, 0.15) is 219 Å². The standard InChI is InChI=1S/C70H111N3O12/c1-3-12-42-21-25-49-56(27-22-42)85-64-59(49)52(75)18-10-32-70(64,83)65(2,80)57-30-34-69(82)60-61(72-40-55(78)44-13-6-4-7-14-44)62(79)50-37-53(76)54(77)39-66(50)38-45(48-26-28-58(71)73-51(48)17-11-35-74)29-33-67(81,63(60)66)41-68(57,69)46-23-19-43(20-24-46)31-36-84-47-15-8-5-9-16-47/h26,28-29,33,42-47,49-50,52-59,63-64,72-78,80-83H,3-25,27,30-32,34-41,71H2,1-2H3/t42-,43?,45+,46?,49-,50+,52-,53-,54+,55+,56-,57-,58?,59-,63+,64-,65-,66+,67-,68+,69-,70-/m1/s1. The first-order valence-corrected chi connectivity index (χ1v) is 35.0. The third kappa shape index (κ3) is 11.0. The largest absolute Gasteiger partial charge is 0.396 e. The number of aliphatic hydroxyl groups excluding tert-OH is 5. The third-order valence-electron chi connectivity index (χ3n) is 26.3. The zero-order valence-corrected chi connectivity index (χ0v) is 51.8. The van der Waals surface area contributed by atoms with Crippen molar-refractivity contribution in [3.8, 4) is 0 Å². The number of fused-ring (bicyclic) bond motifs is 5. The number of carbonyl (C=O) groups excluding carboxylic acids is 1. The van der Waals surface area contributed by atoms with Gasteiger partial charge in [-0.3, -0.25) is 4.79 Å². The van der Waals surface area contributed by atoms with E-state index in [-0.39, 0.29) is 87.0 Å². The fourth-order valence-electron chi connectivity index (χ4n) is 22.3. The van der Waals surface area contributed by atoms with Gasteiger partial charge in [0.25, 0.3) is 0 Å². The SMILES string of the molecule is CCC[C@@H]1CC[C@H]2[C@@H]3[C@H](O)CCC[C@](O)([C@](C)(O)[C@H]4CC[C@@]5(O)C6=C(NC[C@H](O)C7CCCCC7)C(=O)[C@@H]7C[C@@H](O)[C@@H](O)C[C@@]78C[C@@H](C7=C(CCCO)NC(N)C=C7)C=C[C@@](O)(C[C@]45C4CCC(CCOC5CCCCC5)CC4)[C@@H]68)[C@@H]3O[C@@H]2CC1. The summed E-state index contributed by atoms with van der Waals surface area (Å²) in [4.78, 5) is 16.5. The predicted molar refractivity (Wildman–Crippen MR) is 325 cm³/mol. The number of carbonyl (C=O) groups is 1. The fraction of sp³-hybridized carbons (Fsp3) is 0.871. The third-order valence-corrected chi connectivity index (χ3v) is 26.3. The van der Waals surface area contributed by atoms with Crippen LogP contribution in [0.4, 0.5) is 0 Å². The average molecular weight is 1190 g/mol. The number of dihydropyridines is 1. The van der Waals surface area contributed by atoms with Gasteiger partial charge in [-0.05, 0) is 200 Å². The van der Waals surface area contributed by atoms with Gasteiger partial charge in [0.15, 0.2) is 5.78 Å². The zero-order chi connectivity index (χ0) is 59.7. The molecule has 13 N–H and O–H groups in total. The van der Waals surface area contributed by atoms with Crippen LogP contribution in [0.15, 0.2) is 46.8 Å². The normalized spacial score (nSPS) is 46.2. The number of ether oxygens (including phenoxy) is 2. The van der Waals surface area contributed by atoms with Gasteiger partial charge in [-0.2, -0.15) is 0 Å². The summed E-state index contributed by atoms with van der Waals surface area (Å²) in [5.41, 5.74) is -1.23. The highest BCUT2D eigenvalue weighted by atomic mass is 16.5. The Hall–Kier alpha value is -2.25. The molecule has 12 aliphatic rings. The van der Waals surface area contributed by atoms with Gasteiger partial charge in [0.05, 0.1) is 71.4 Å². The Morgan fingerprint density at radius 2 is 1.55 bits per heavy atom. The molecule has 85 heavy (non-hydrogen) atoms. The molecule has 2 aliphatic heterocycles. The second-order valence-electron chi connectivity index (χ2n) is 30.7. The second kappa shape index (κ2) is 25.1. The molecule has 0 aromatic carbocycles. The summed E-state index contributed by atoms with van der Waals surface area (Å²) >= 11 is 0. The van der Waals surface area contributed by atoms with E-state index in [4.69, 9.17) is 15.2 Å². The molecule has 0 bridgehead atoms. The minimum Gasteiger partial charge on any atom is -0.396 e. The lowest BCUT2D eigenvalue weighted by atomic mass is 9.37. The van der Waals surface area contributed by atoms with Crippen molar-refractivity contribution in [3.05, 3.63) is 46.8 Å². The summed E-state index contributed by atoms with van der Waals surface area (Å²) < 4.78 is 13.8. The van der Waals surface area contributed by atoms with Gasteiger partial charge in [-0.15, -0.1) is 0 Å². The van der Waals surface area contributed by atoms with Gasteiger partial charge in [0.2, 0.25) is 0 Å². The summed E-state index contributed by atoms with van der Waals surface area (Å²) in [6.45, 7) is 4.72. The fourth-order valence-corrected chi connectivity index (χ4v) is 22.3. The van der Waals surface area contributed by atoms with Crippen molar-refractivity contribution in [2.75, 3.05) is 19.8 Å². The zero-order valence-electron chi connectivity index (χ0n) is 51.8. The average Bonchev–Trinajstić information content (AvgIpc) is 1.63. The number of hydrogen-bond acceptors (Lipinski definition) is 15.